The Balaban J connectivity index is 2.00. The van der Waals surface area contributed by atoms with Crippen LogP contribution in [-0.2, 0) is 9.53 Å². The number of ether oxygens (including phenoxy) is 1. The van der Waals surface area contributed by atoms with Gasteiger partial charge in [0.15, 0.2) is 6.10 Å². The van der Waals surface area contributed by atoms with Crippen LogP contribution < -0.4 is 11.1 Å². The number of aryl methyl sites for hydroxylation is 1. The van der Waals surface area contributed by atoms with Crippen LogP contribution in [0.3, 0.4) is 0 Å². The van der Waals surface area contributed by atoms with Crippen LogP contribution in [0.25, 0.3) is 0 Å². The van der Waals surface area contributed by atoms with Gasteiger partial charge in [-0.3, -0.25) is 4.79 Å². The van der Waals surface area contributed by atoms with E-state index in [0.717, 1.165) is 17.7 Å². The first kappa shape index (κ1) is 16.5. The van der Waals surface area contributed by atoms with E-state index in [2.05, 4.69) is 5.32 Å². The molecule has 0 aromatic heterocycles. The number of hydrogen-bond acceptors (Lipinski definition) is 4. The van der Waals surface area contributed by atoms with Crippen LogP contribution in [0.4, 0.5) is 15.8 Å². The van der Waals surface area contributed by atoms with Crippen molar-refractivity contribution < 1.29 is 18.7 Å². The number of carbonyl (C=O) groups is 2. The lowest BCUT2D eigenvalue weighted by molar-refractivity contribution is -0.123. The van der Waals surface area contributed by atoms with E-state index in [-0.39, 0.29) is 11.3 Å². The predicted octanol–water partition coefficient (Wildman–Crippen LogP) is 2.90. The maximum Gasteiger partial charge on any atom is 0.341 e. The number of amides is 1. The summed E-state index contributed by atoms with van der Waals surface area (Å²) in [4.78, 5) is 24.0. The fourth-order valence-corrected chi connectivity index (χ4v) is 1.88. The van der Waals surface area contributed by atoms with Crippen LogP contribution in [0.5, 0.6) is 0 Å². The standard InChI is InChI=1S/C17H17FN2O3/c1-10-3-6-13(7-4-10)20-16(21)11(2)23-17(22)14-8-5-12(18)9-15(14)19/h3-9,11H,19H2,1-2H3,(H,20,21)/t11-/m1/s1. The highest BCUT2D eigenvalue weighted by Crippen LogP contribution is 2.16. The second kappa shape index (κ2) is 6.91. The van der Waals surface area contributed by atoms with Gasteiger partial charge in [-0.2, -0.15) is 0 Å². The monoisotopic (exact) mass is 316 g/mol. The van der Waals surface area contributed by atoms with Crippen molar-refractivity contribution in [1.29, 1.82) is 0 Å². The van der Waals surface area contributed by atoms with E-state index in [1.807, 2.05) is 19.1 Å². The van der Waals surface area contributed by atoms with Gasteiger partial charge < -0.3 is 15.8 Å². The highest BCUT2D eigenvalue weighted by molar-refractivity contribution is 5.99. The van der Waals surface area contributed by atoms with Gasteiger partial charge in [-0.1, -0.05) is 17.7 Å². The quantitative estimate of drug-likeness (QED) is 0.671. The first-order valence-corrected chi connectivity index (χ1v) is 7.00. The minimum atomic E-state index is -1.02. The smallest absolute Gasteiger partial charge is 0.341 e. The number of anilines is 2. The Morgan fingerprint density at radius 2 is 1.83 bits per heavy atom. The Labute approximate surface area is 133 Å². The lowest BCUT2D eigenvalue weighted by Gasteiger charge is -2.14. The largest absolute Gasteiger partial charge is 0.449 e. The summed E-state index contributed by atoms with van der Waals surface area (Å²) in [6, 6.07) is 10.5. The second-order valence-electron chi connectivity index (χ2n) is 5.13. The molecule has 0 saturated carbocycles. The van der Waals surface area contributed by atoms with E-state index in [0.29, 0.717) is 5.69 Å². The molecule has 1 amide bonds. The van der Waals surface area contributed by atoms with Crippen molar-refractivity contribution in [1.82, 2.24) is 0 Å². The first-order chi connectivity index (χ1) is 10.9. The normalized spacial score (nSPS) is 11.6. The average molecular weight is 316 g/mol. The number of halogens is 1. The third-order valence-corrected chi connectivity index (χ3v) is 3.21. The van der Waals surface area contributed by atoms with Gasteiger partial charge in [0.25, 0.3) is 5.91 Å². The van der Waals surface area contributed by atoms with Gasteiger partial charge >= 0.3 is 5.97 Å². The summed E-state index contributed by atoms with van der Waals surface area (Å²) in [7, 11) is 0. The molecule has 2 rings (SSSR count). The van der Waals surface area contributed by atoms with Crippen LogP contribution in [0.1, 0.15) is 22.8 Å². The lowest BCUT2D eigenvalue weighted by atomic mass is 10.2. The minimum Gasteiger partial charge on any atom is -0.449 e. The summed E-state index contributed by atoms with van der Waals surface area (Å²) in [6.07, 6.45) is -1.02. The molecule has 5 nitrogen and oxygen atoms in total. The maximum atomic E-state index is 13.0. The van der Waals surface area contributed by atoms with E-state index in [1.165, 1.54) is 13.0 Å². The van der Waals surface area contributed by atoms with Gasteiger partial charge in [-0.15, -0.1) is 0 Å². The molecule has 2 aromatic rings. The van der Waals surface area contributed by atoms with Crippen LogP contribution in [0, 0.1) is 12.7 Å². The Bertz CT molecular complexity index is 729. The zero-order valence-corrected chi connectivity index (χ0v) is 12.8. The van der Waals surface area contributed by atoms with Gasteiger partial charge in [-0.05, 0) is 44.2 Å². The molecule has 1 atom stereocenters. The molecule has 0 unspecified atom stereocenters. The van der Waals surface area contributed by atoms with Gasteiger partial charge in [0.1, 0.15) is 5.82 Å². The SMILES string of the molecule is Cc1ccc(NC(=O)[C@@H](C)OC(=O)c2ccc(F)cc2N)cc1. The number of nitrogens with one attached hydrogen (secondary N) is 1. The van der Waals surface area contributed by atoms with Crippen LogP contribution >= 0.6 is 0 Å². The number of benzene rings is 2. The number of hydrogen-bond donors (Lipinski definition) is 2. The summed E-state index contributed by atoms with van der Waals surface area (Å²) in [5, 5.41) is 2.64. The van der Waals surface area contributed by atoms with Gasteiger partial charge in [0.05, 0.1) is 5.56 Å². The molecule has 2 aromatic carbocycles. The third-order valence-electron chi connectivity index (χ3n) is 3.21. The van der Waals surface area contributed by atoms with Crippen molar-refractivity contribution in [3.05, 3.63) is 59.4 Å². The molecule has 0 saturated heterocycles. The number of rotatable bonds is 4. The molecule has 0 fully saturated rings. The highest BCUT2D eigenvalue weighted by Gasteiger charge is 2.20. The number of nitrogens with two attached hydrogens (primary N) is 1. The molecule has 3 N–H and O–H groups in total. The molecule has 120 valence electrons. The van der Waals surface area contributed by atoms with Gasteiger partial charge in [-0.25, -0.2) is 9.18 Å². The Morgan fingerprint density at radius 1 is 1.17 bits per heavy atom. The van der Waals surface area contributed by atoms with Crippen LogP contribution in [0.15, 0.2) is 42.5 Å². The Morgan fingerprint density at radius 3 is 2.43 bits per heavy atom. The zero-order valence-electron chi connectivity index (χ0n) is 12.8. The van der Waals surface area contributed by atoms with Crippen molar-refractivity contribution in [3.8, 4) is 0 Å². The molecule has 23 heavy (non-hydrogen) atoms. The summed E-state index contributed by atoms with van der Waals surface area (Å²) in [6.45, 7) is 3.38. The molecule has 0 aliphatic rings. The predicted molar refractivity (Wildman–Crippen MR) is 85.5 cm³/mol. The topological polar surface area (TPSA) is 81.4 Å². The summed E-state index contributed by atoms with van der Waals surface area (Å²) >= 11 is 0. The molecule has 0 heterocycles. The molecular formula is C17H17FN2O3. The van der Waals surface area contributed by atoms with E-state index in [1.54, 1.807) is 12.1 Å². The number of nitrogen functional groups attached to an aromatic ring is 1. The molecule has 0 aliphatic carbocycles. The fourth-order valence-electron chi connectivity index (χ4n) is 1.88. The van der Waals surface area contributed by atoms with Crippen molar-refractivity contribution in [2.45, 2.75) is 20.0 Å². The van der Waals surface area contributed by atoms with Gasteiger partial charge in [0, 0.05) is 11.4 Å². The number of carbonyl (C=O) groups excluding carboxylic acids is 2. The average Bonchev–Trinajstić information content (AvgIpc) is 2.49. The molecule has 0 spiro atoms. The minimum absolute atomic E-state index is 0.0152. The Kier molecular flexibility index (Phi) is 4.95. The van der Waals surface area contributed by atoms with Crippen molar-refractivity contribution in [2.75, 3.05) is 11.1 Å². The summed E-state index contributed by atoms with van der Waals surface area (Å²) in [5.74, 6) is -1.80. The third kappa shape index (κ3) is 4.29. The fraction of sp³-hybridized carbons (Fsp3) is 0.176. The molecule has 0 bridgehead atoms. The van der Waals surface area contributed by atoms with E-state index >= 15 is 0 Å². The van der Waals surface area contributed by atoms with Crippen molar-refractivity contribution >= 4 is 23.3 Å². The Hall–Kier alpha value is -2.89. The van der Waals surface area contributed by atoms with E-state index in [4.69, 9.17) is 10.5 Å². The van der Waals surface area contributed by atoms with Crippen LogP contribution in [-0.4, -0.2) is 18.0 Å². The van der Waals surface area contributed by atoms with E-state index < -0.39 is 23.8 Å². The van der Waals surface area contributed by atoms with Crippen molar-refractivity contribution in [2.24, 2.45) is 0 Å². The lowest BCUT2D eigenvalue weighted by Crippen LogP contribution is -2.30. The molecule has 0 aliphatic heterocycles. The van der Waals surface area contributed by atoms with E-state index in [9.17, 15) is 14.0 Å². The highest BCUT2D eigenvalue weighted by atomic mass is 19.1. The molecule has 6 heteroatoms. The van der Waals surface area contributed by atoms with Crippen molar-refractivity contribution in [3.63, 3.8) is 0 Å². The second-order valence-corrected chi connectivity index (χ2v) is 5.13. The molecular weight excluding hydrogens is 299 g/mol. The maximum absolute atomic E-state index is 13.0. The first-order valence-electron chi connectivity index (χ1n) is 7.00. The van der Waals surface area contributed by atoms with Gasteiger partial charge in [0.2, 0.25) is 0 Å². The summed E-state index contributed by atoms with van der Waals surface area (Å²) < 4.78 is 18.0. The van der Waals surface area contributed by atoms with Crippen LogP contribution in [0.2, 0.25) is 0 Å². The zero-order chi connectivity index (χ0) is 17.0. The molecule has 0 radical (unpaired) electrons. The number of esters is 1. The summed E-state index contributed by atoms with van der Waals surface area (Å²) in [5.41, 5.74) is 7.21.